The van der Waals surface area contributed by atoms with Gasteiger partial charge in [-0.05, 0) is 56.5 Å². The third kappa shape index (κ3) is 5.09. The summed E-state index contributed by atoms with van der Waals surface area (Å²) in [5.74, 6) is -0.468. The van der Waals surface area contributed by atoms with Crippen LogP contribution >= 0.6 is 0 Å². The fraction of sp³-hybridized carbons (Fsp3) is 0.579. The summed E-state index contributed by atoms with van der Waals surface area (Å²) in [4.78, 5) is 26.7. The maximum absolute atomic E-state index is 13.0. The molecule has 2 fully saturated rings. The Kier molecular flexibility index (Phi) is 6.15. The van der Waals surface area contributed by atoms with Gasteiger partial charge < -0.3 is 10.1 Å². The number of likely N-dealkylation sites (tertiary alicyclic amines) is 1. The number of nitrogens with one attached hydrogen (secondary N) is 1. The Labute approximate surface area is 147 Å². The molecule has 0 spiro atoms. The number of Topliss-reactive ketones (excluding diaryl/α,β-unsaturated/α-hetero) is 1. The first-order valence-electron chi connectivity index (χ1n) is 9.02. The Hall–Kier alpha value is -1.79. The number of hydrogen-bond acceptors (Lipinski definition) is 4. The summed E-state index contributed by atoms with van der Waals surface area (Å²) in [5, 5.41) is 2.92. The van der Waals surface area contributed by atoms with Crippen LogP contribution in [-0.4, -0.2) is 55.5 Å². The average Bonchev–Trinajstić information content (AvgIpc) is 3.14. The molecule has 2 heterocycles. The van der Waals surface area contributed by atoms with Crippen molar-refractivity contribution in [2.24, 2.45) is 5.92 Å². The predicted molar refractivity (Wildman–Crippen MR) is 91.9 cm³/mol. The summed E-state index contributed by atoms with van der Waals surface area (Å²) in [5.41, 5.74) is 0.538. The van der Waals surface area contributed by atoms with Gasteiger partial charge in [-0.2, -0.15) is 0 Å². The molecule has 1 amide bonds. The van der Waals surface area contributed by atoms with Crippen LogP contribution < -0.4 is 5.32 Å². The molecule has 136 valence electrons. The van der Waals surface area contributed by atoms with Crippen LogP contribution in [0.25, 0.3) is 0 Å². The van der Waals surface area contributed by atoms with Gasteiger partial charge in [0.1, 0.15) is 5.82 Å². The lowest BCUT2D eigenvalue weighted by molar-refractivity contribution is -0.123. The molecule has 3 rings (SSSR count). The zero-order chi connectivity index (χ0) is 17.6. The first-order valence-corrected chi connectivity index (χ1v) is 9.02. The summed E-state index contributed by atoms with van der Waals surface area (Å²) in [6, 6.07) is 5.69. The van der Waals surface area contributed by atoms with Gasteiger partial charge in [-0.25, -0.2) is 4.39 Å². The highest BCUT2D eigenvalue weighted by Crippen LogP contribution is 2.21. The number of ketones is 1. The smallest absolute Gasteiger partial charge is 0.234 e. The molecular formula is C19H25FN2O3. The molecule has 0 radical (unpaired) electrons. The fourth-order valence-electron chi connectivity index (χ4n) is 3.55. The predicted octanol–water partition coefficient (Wildman–Crippen LogP) is 2.02. The van der Waals surface area contributed by atoms with Crippen molar-refractivity contribution in [2.45, 2.75) is 31.8 Å². The van der Waals surface area contributed by atoms with Crippen molar-refractivity contribution in [3.05, 3.63) is 35.6 Å². The minimum absolute atomic E-state index is 0.0228. The molecule has 1 aromatic carbocycles. The number of amides is 1. The van der Waals surface area contributed by atoms with E-state index in [2.05, 4.69) is 5.32 Å². The molecule has 0 aromatic heterocycles. The zero-order valence-corrected chi connectivity index (χ0v) is 14.4. The van der Waals surface area contributed by atoms with Crippen molar-refractivity contribution < 1.29 is 18.7 Å². The SMILES string of the molecule is O=C(CN1CCC[C@@H](C(=O)c2ccc(F)cc2)C1)NC[C@@H]1CCCO1. The first-order chi connectivity index (χ1) is 12.1. The summed E-state index contributed by atoms with van der Waals surface area (Å²) in [7, 11) is 0. The van der Waals surface area contributed by atoms with E-state index in [1.54, 1.807) is 0 Å². The maximum Gasteiger partial charge on any atom is 0.234 e. The summed E-state index contributed by atoms with van der Waals surface area (Å²) < 4.78 is 18.5. The van der Waals surface area contributed by atoms with Crippen molar-refractivity contribution in [1.29, 1.82) is 0 Å². The Morgan fingerprint density at radius 3 is 2.72 bits per heavy atom. The monoisotopic (exact) mass is 348 g/mol. The molecular weight excluding hydrogens is 323 g/mol. The third-order valence-electron chi connectivity index (χ3n) is 4.92. The number of halogens is 1. The van der Waals surface area contributed by atoms with Crippen molar-refractivity contribution in [3.8, 4) is 0 Å². The molecule has 0 unspecified atom stereocenters. The van der Waals surface area contributed by atoms with Crippen LogP contribution in [0.4, 0.5) is 4.39 Å². The molecule has 1 N–H and O–H groups in total. The molecule has 0 aliphatic carbocycles. The van der Waals surface area contributed by atoms with Crippen LogP contribution in [0.15, 0.2) is 24.3 Å². The Bertz CT molecular complexity index is 599. The zero-order valence-electron chi connectivity index (χ0n) is 14.4. The number of hydrogen-bond donors (Lipinski definition) is 1. The van der Waals surface area contributed by atoms with E-state index in [4.69, 9.17) is 4.74 Å². The van der Waals surface area contributed by atoms with E-state index in [9.17, 15) is 14.0 Å². The number of benzene rings is 1. The largest absolute Gasteiger partial charge is 0.376 e. The Balaban J connectivity index is 1.47. The van der Waals surface area contributed by atoms with E-state index < -0.39 is 0 Å². The van der Waals surface area contributed by atoms with Gasteiger partial charge in [0.05, 0.1) is 12.6 Å². The van der Waals surface area contributed by atoms with Crippen molar-refractivity contribution in [2.75, 3.05) is 32.8 Å². The van der Waals surface area contributed by atoms with Crippen molar-refractivity contribution in [3.63, 3.8) is 0 Å². The van der Waals surface area contributed by atoms with Crippen LogP contribution in [0.2, 0.25) is 0 Å². The number of ether oxygens (including phenoxy) is 1. The van der Waals surface area contributed by atoms with Crippen molar-refractivity contribution in [1.82, 2.24) is 10.2 Å². The lowest BCUT2D eigenvalue weighted by Gasteiger charge is -2.31. The topological polar surface area (TPSA) is 58.6 Å². The normalized spacial score (nSPS) is 24.2. The molecule has 2 aliphatic rings. The lowest BCUT2D eigenvalue weighted by Crippen LogP contribution is -2.45. The van der Waals surface area contributed by atoms with Crippen LogP contribution in [-0.2, 0) is 9.53 Å². The molecule has 2 aliphatic heterocycles. The minimum atomic E-state index is -0.343. The molecule has 25 heavy (non-hydrogen) atoms. The number of carbonyl (C=O) groups excluding carboxylic acids is 2. The van der Waals surface area contributed by atoms with Gasteiger partial charge in [0.2, 0.25) is 5.91 Å². The van der Waals surface area contributed by atoms with Crippen LogP contribution in [0.1, 0.15) is 36.0 Å². The first kappa shape index (κ1) is 18.0. The fourth-order valence-corrected chi connectivity index (χ4v) is 3.55. The lowest BCUT2D eigenvalue weighted by atomic mass is 9.90. The van der Waals surface area contributed by atoms with E-state index in [1.807, 2.05) is 4.90 Å². The summed E-state index contributed by atoms with van der Waals surface area (Å²) >= 11 is 0. The molecule has 1 aromatic rings. The third-order valence-corrected chi connectivity index (χ3v) is 4.92. The van der Waals surface area contributed by atoms with Gasteiger partial charge >= 0.3 is 0 Å². The van der Waals surface area contributed by atoms with E-state index in [0.29, 0.717) is 25.2 Å². The van der Waals surface area contributed by atoms with E-state index >= 15 is 0 Å². The maximum atomic E-state index is 13.0. The van der Waals surface area contributed by atoms with Gasteiger partial charge in [0.15, 0.2) is 5.78 Å². The molecule has 6 heteroatoms. The van der Waals surface area contributed by atoms with E-state index in [1.165, 1.54) is 24.3 Å². The Morgan fingerprint density at radius 1 is 1.20 bits per heavy atom. The Morgan fingerprint density at radius 2 is 2.00 bits per heavy atom. The standard InChI is InChI=1S/C19H25FN2O3/c20-16-7-5-14(6-8-16)19(24)15-3-1-9-22(12-15)13-18(23)21-11-17-4-2-10-25-17/h5-8,15,17H,1-4,9-13H2,(H,21,23)/t15-,17+/m1/s1. The number of nitrogens with zero attached hydrogens (tertiary/aromatic N) is 1. The molecule has 2 saturated heterocycles. The number of carbonyl (C=O) groups is 2. The van der Waals surface area contributed by atoms with Crippen molar-refractivity contribution >= 4 is 11.7 Å². The van der Waals surface area contributed by atoms with Crippen LogP contribution in [0.5, 0.6) is 0 Å². The highest BCUT2D eigenvalue weighted by atomic mass is 19.1. The summed E-state index contributed by atoms with van der Waals surface area (Å²) in [6.07, 6.45) is 3.89. The van der Waals surface area contributed by atoms with Gasteiger partial charge in [-0.15, -0.1) is 0 Å². The molecule has 2 atom stereocenters. The second kappa shape index (κ2) is 8.54. The molecule has 0 bridgehead atoms. The quantitative estimate of drug-likeness (QED) is 0.799. The second-order valence-corrected chi connectivity index (χ2v) is 6.88. The van der Waals surface area contributed by atoms with Gasteiger partial charge in [-0.1, -0.05) is 0 Å². The highest BCUT2D eigenvalue weighted by Gasteiger charge is 2.27. The molecule has 5 nitrogen and oxygen atoms in total. The van der Waals surface area contributed by atoms with E-state index in [0.717, 1.165) is 38.8 Å². The average molecular weight is 348 g/mol. The van der Waals surface area contributed by atoms with Gasteiger partial charge in [0, 0.05) is 31.2 Å². The highest BCUT2D eigenvalue weighted by molar-refractivity contribution is 5.98. The minimum Gasteiger partial charge on any atom is -0.376 e. The number of rotatable bonds is 6. The van der Waals surface area contributed by atoms with Crippen LogP contribution in [0.3, 0.4) is 0 Å². The number of piperidine rings is 1. The second-order valence-electron chi connectivity index (χ2n) is 6.88. The molecule has 0 saturated carbocycles. The van der Waals surface area contributed by atoms with Crippen LogP contribution in [0, 0.1) is 11.7 Å². The van der Waals surface area contributed by atoms with Gasteiger partial charge in [-0.3, -0.25) is 14.5 Å². The van der Waals surface area contributed by atoms with E-state index in [-0.39, 0.29) is 29.5 Å². The van der Waals surface area contributed by atoms with Gasteiger partial charge in [0.25, 0.3) is 0 Å². The summed E-state index contributed by atoms with van der Waals surface area (Å²) in [6.45, 7) is 3.04.